The lowest BCUT2D eigenvalue weighted by atomic mass is 9.77. The number of hydrogen-bond donors (Lipinski definition) is 0. The van der Waals surface area contributed by atoms with Crippen molar-refractivity contribution in [3.63, 3.8) is 0 Å². The van der Waals surface area contributed by atoms with Crippen molar-refractivity contribution >= 4 is 23.1 Å². The third kappa shape index (κ3) is 4.22. The van der Waals surface area contributed by atoms with Gasteiger partial charge in [0.2, 0.25) is 5.69 Å². The maximum absolute atomic E-state index is 14.6. The van der Waals surface area contributed by atoms with Gasteiger partial charge in [0.25, 0.3) is 5.56 Å². The van der Waals surface area contributed by atoms with Crippen molar-refractivity contribution in [1.29, 1.82) is 0 Å². The van der Waals surface area contributed by atoms with Gasteiger partial charge in [0, 0.05) is 24.7 Å². The number of rotatable bonds is 4. The van der Waals surface area contributed by atoms with E-state index in [0.717, 1.165) is 38.1 Å². The number of methoxy groups -OCH3 is 1. The van der Waals surface area contributed by atoms with Crippen molar-refractivity contribution in [2.24, 2.45) is 5.41 Å². The zero-order valence-corrected chi connectivity index (χ0v) is 20.6. The molecule has 1 aliphatic heterocycles. The van der Waals surface area contributed by atoms with Gasteiger partial charge in [0.15, 0.2) is 17.4 Å². The highest BCUT2D eigenvalue weighted by molar-refractivity contribution is 6.32. The van der Waals surface area contributed by atoms with Crippen LogP contribution in [0.1, 0.15) is 38.5 Å². The summed E-state index contributed by atoms with van der Waals surface area (Å²) in [5.74, 6) is -0.932. The Morgan fingerprint density at radius 2 is 1.78 bits per heavy atom. The normalized spacial score (nSPS) is 16.8. The largest absolute Gasteiger partial charge is 0.494 e. The summed E-state index contributed by atoms with van der Waals surface area (Å²) in [4.78, 5) is 23.5. The zero-order valence-electron chi connectivity index (χ0n) is 19.9. The zero-order chi connectivity index (χ0) is 25.4. The van der Waals surface area contributed by atoms with Crippen LogP contribution in [-0.4, -0.2) is 29.8 Å². The molecule has 1 saturated carbocycles. The Kier molecular flexibility index (Phi) is 6.44. The van der Waals surface area contributed by atoms with Crippen LogP contribution in [0.25, 0.3) is 21.9 Å². The summed E-state index contributed by atoms with van der Waals surface area (Å²) in [6.45, 7) is 8.57. The van der Waals surface area contributed by atoms with Crippen molar-refractivity contribution in [1.82, 2.24) is 9.55 Å². The minimum absolute atomic E-state index is 0.0191. The lowest BCUT2D eigenvalue weighted by molar-refractivity contribution is 0.226. The van der Waals surface area contributed by atoms with E-state index in [4.69, 9.17) is 27.9 Å². The summed E-state index contributed by atoms with van der Waals surface area (Å²) in [5.41, 5.74) is 0.0790. The van der Waals surface area contributed by atoms with Gasteiger partial charge >= 0.3 is 0 Å². The van der Waals surface area contributed by atoms with Crippen LogP contribution in [0.3, 0.4) is 0 Å². The first kappa shape index (κ1) is 24.3. The van der Waals surface area contributed by atoms with E-state index >= 15 is 0 Å². The summed E-state index contributed by atoms with van der Waals surface area (Å²) < 4.78 is 35.3. The predicted octanol–water partition coefficient (Wildman–Crippen LogP) is 6.55. The molecule has 1 spiro atoms. The number of nitrogens with zero attached hydrogens (tertiary/aromatic N) is 4. The third-order valence-electron chi connectivity index (χ3n) is 7.52. The molecule has 1 saturated heterocycles. The van der Waals surface area contributed by atoms with Gasteiger partial charge in [0.05, 0.1) is 19.4 Å². The summed E-state index contributed by atoms with van der Waals surface area (Å²) in [6, 6.07) is 8.08. The molecule has 1 aliphatic carbocycles. The Labute approximate surface area is 212 Å². The van der Waals surface area contributed by atoms with E-state index in [1.165, 1.54) is 61.6 Å². The number of hydrogen-bond acceptors (Lipinski definition) is 4. The van der Waals surface area contributed by atoms with Crippen LogP contribution in [0.5, 0.6) is 5.75 Å². The standard InChI is InChI=1S/C27H25ClF2N4O2/c1-31-21-7-5-17(15-19(21)29)24-32-25(33-13-11-27(12-14-33)9-3-4-10-27)23(28)26(35)34(24)18-6-8-22(36-2)20(30)16-18/h5-8,15-16H,3-4,9-14H2,2H3. The van der Waals surface area contributed by atoms with E-state index in [0.29, 0.717) is 11.2 Å². The van der Waals surface area contributed by atoms with Crippen molar-refractivity contribution < 1.29 is 13.5 Å². The molecule has 6 nitrogen and oxygen atoms in total. The second kappa shape index (κ2) is 9.55. The Hall–Kier alpha value is -3.44. The van der Waals surface area contributed by atoms with Crippen LogP contribution < -0.4 is 15.2 Å². The van der Waals surface area contributed by atoms with E-state index < -0.39 is 17.2 Å². The van der Waals surface area contributed by atoms with Crippen LogP contribution >= 0.6 is 11.6 Å². The van der Waals surface area contributed by atoms with Crippen LogP contribution in [0.2, 0.25) is 5.02 Å². The first-order valence-corrected chi connectivity index (χ1v) is 12.3. The van der Waals surface area contributed by atoms with Crippen molar-refractivity contribution in [3.05, 3.63) is 74.8 Å². The molecule has 2 heterocycles. The highest BCUT2D eigenvalue weighted by Crippen LogP contribution is 2.47. The summed E-state index contributed by atoms with van der Waals surface area (Å²) in [6.07, 6.45) is 6.96. The molecule has 3 aromatic rings. The second-order valence-corrected chi connectivity index (χ2v) is 9.88. The molecule has 0 amide bonds. The molecule has 0 unspecified atom stereocenters. The van der Waals surface area contributed by atoms with Gasteiger partial charge in [0.1, 0.15) is 16.7 Å². The average Bonchev–Trinajstić information content (AvgIpc) is 3.34. The number of halogens is 3. The number of aromatic nitrogens is 2. The summed E-state index contributed by atoms with van der Waals surface area (Å²) in [5, 5.41) is -0.0735. The van der Waals surface area contributed by atoms with Gasteiger partial charge in [-0.2, -0.15) is 0 Å². The fraction of sp³-hybridized carbons (Fsp3) is 0.370. The maximum atomic E-state index is 14.6. The predicted molar refractivity (Wildman–Crippen MR) is 135 cm³/mol. The molecule has 5 rings (SSSR count). The third-order valence-corrected chi connectivity index (χ3v) is 7.85. The molecule has 9 heteroatoms. The lowest BCUT2D eigenvalue weighted by Crippen LogP contribution is -2.40. The molecule has 0 radical (unpaired) electrons. The van der Waals surface area contributed by atoms with Gasteiger partial charge in [-0.3, -0.25) is 9.36 Å². The second-order valence-electron chi connectivity index (χ2n) is 9.50. The number of anilines is 1. The molecule has 36 heavy (non-hydrogen) atoms. The van der Waals surface area contributed by atoms with Crippen LogP contribution in [0.4, 0.5) is 20.3 Å². The van der Waals surface area contributed by atoms with Gasteiger partial charge in [-0.05, 0) is 49.3 Å². The summed E-state index contributed by atoms with van der Waals surface area (Å²) >= 11 is 6.60. The first-order valence-electron chi connectivity index (χ1n) is 11.9. The minimum Gasteiger partial charge on any atom is -0.494 e. The Bertz CT molecular complexity index is 1420. The van der Waals surface area contributed by atoms with E-state index in [9.17, 15) is 13.6 Å². The minimum atomic E-state index is -0.734. The fourth-order valence-electron chi connectivity index (χ4n) is 5.48. The lowest BCUT2D eigenvalue weighted by Gasteiger charge is -2.40. The molecular weight excluding hydrogens is 486 g/mol. The molecule has 0 atom stereocenters. The highest BCUT2D eigenvalue weighted by Gasteiger charge is 2.38. The van der Waals surface area contributed by atoms with Crippen LogP contribution in [0, 0.1) is 23.6 Å². The number of benzene rings is 2. The number of ether oxygens (including phenoxy) is 1. The quantitative estimate of drug-likeness (QED) is 0.373. The van der Waals surface area contributed by atoms with Gasteiger partial charge in [-0.15, -0.1) is 0 Å². The SMILES string of the molecule is [C-]#[N+]c1ccc(-c2nc(N3CCC4(CCCC4)CC3)c(Cl)c(=O)n2-c2ccc(OC)c(F)c2)cc1F. The smallest absolute Gasteiger partial charge is 0.279 e. The van der Waals surface area contributed by atoms with Gasteiger partial charge in [-0.25, -0.2) is 18.6 Å². The van der Waals surface area contributed by atoms with E-state index in [-0.39, 0.29) is 33.5 Å². The van der Waals surface area contributed by atoms with Crippen molar-refractivity contribution in [2.75, 3.05) is 25.1 Å². The molecule has 1 aromatic heterocycles. The monoisotopic (exact) mass is 510 g/mol. The molecule has 0 bridgehead atoms. The highest BCUT2D eigenvalue weighted by atomic mass is 35.5. The van der Waals surface area contributed by atoms with Gasteiger partial charge in [-0.1, -0.05) is 36.6 Å². The molecule has 0 N–H and O–H groups in total. The Balaban J connectivity index is 1.65. The topological polar surface area (TPSA) is 51.7 Å². The Morgan fingerprint density at radius 3 is 2.39 bits per heavy atom. The average molecular weight is 511 g/mol. The molecule has 2 aliphatic rings. The fourth-order valence-corrected chi connectivity index (χ4v) is 5.73. The maximum Gasteiger partial charge on any atom is 0.279 e. The van der Waals surface area contributed by atoms with E-state index in [1.54, 1.807) is 0 Å². The van der Waals surface area contributed by atoms with Crippen molar-refractivity contribution in [3.8, 4) is 22.8 Å². The molecular formula is C27H25ClF2N4O2. The molecule has 2 aromatic carbocycles. The van der Waals surface area contributed by atoms with E-state index in [2.05, 4.69) is 4.85 Å². The summed E-state index contributed by atoms with van der Waals surface area (Å²) in [7, 11) is 1.35. The molecule has 2 fully saturated rings. The molecule has 186 valence electrons. The van der Waals surface area contributed by atoms with Crippen LogP contribution in [0.15, 0.2) is 41.2 Å². The van der Waals surface area contributed by atoms with Crippen molar-refractivity contribution in [2.45, 2.75) is 38.5 Å². The van der Waals surface area contributed by atoms with Gasteiger partial charge < -0.3 is 9.64 Å². The Morgan fingerprint density at radius 1 is 1.06 bits per heavy atom. The van der Waals surface area contributed by atoms with E-state index in [1.807, 2.05) is 4.90 Å². The first-order chi connectivity index (χ1) is 17.4. The number of piperidine rings is 1. The van der Waals surface area contributed by atoms with Crippen LogP contribution in [-0.2, 0) is 0 Å².